The van der Waals surface area contributed by atoms with E-state index in [4.69, 9.17) is 4.42 Å². The summed E-state index contributed by atoms with van der Waals surface area (Å²) in [5, 5.41) is 15.4. The van der Waals surface area contributed by atoms with E-state index < -0.39 is 12.3 Å². The van der Waals surface area contributed by atoms with Crippen LogP contribution in [0.2, 0.25) is 0 Å². The van der Waals surface area contributed by atoms with Crippen molar-refractivity contribution in [1.82, 2.24) is 35.1 Å². The summed E-state index contributed by atoms with van der Waals surface area (Å²) in [4.78, 5) is 6.75. The number of hydrogen-bond donors (Lipinski definition) is 0. The molecule has 0 aliphatic carbocycles. The molecule has 1 aliphatic heterocycles. The highest BCUT2D eigenvalue weighted by Gasteiger charge is 2.17. The second-order valence-corrected chi connectivity index (χ2v) is 7.42. The van der Waals surface area contributed by atoms with Gasteiger partial charge < -0.3 is 4.42 Å². The first-order valence-corrected chi connectivity index (χ1v) is 9.93. The Morgan fingerprint density at radius 3 is 2.61 bits per heavy atom. The van der Waals surface area contributed by atoms with Gasteiger partial charge in [-0.25, -0.2) is 4.68 Å². The quantitative estimate of drug-likeness (QED) is 0.449. The molecule has 1 aromatic carbocycles. The van der Waals surface area contributed by atoms with E-state index in [0.29, 0.717) is 12.1 Å². The van der Waals surface area contributed by atoms with Crippen molar-refractivity contribution in [3.63, 3.8) is 0 Å². The van der Waals surface area contributed by atoms with E-state index >= 15 is 0 Å². The minimum absolute atomic E-state index is 0.00972. The summed E-state index contributed by atoms with van der Waals surface area (Å²) in [6, 6.07) is 11.8. The minimum atomic E-state index is -2.80. The molecule has 0 radical (unpaired) electrons. The second-order valence-electron chi connectivity index (χ2n) is 7.42. The van der Waals surface area contributed by atoms with E-state index in [2.05, 4.69) is 42.5 Å². The Kier molecular flexibility index (Phi) is 5.21. The average Bonchev–Trinajstić information content (AvgIpc) is 3.42. The number of hydrogen-bond acceptors (Lipinski definition) is 7. The lowest BCUT2D eigenvalue weighted by molar-refractivity contribution is 0.116. The fourth-order valence-electron chi connectivity index (χ4n) is 3.38. The van der Waals surface area contributed by atoms with Gasteiger partial charge in [0.15, 0.2) is 0 Å². The summed E-state index contributed by atoms with van der Waals surface area (Å²) in [5.41, 5.74) is 4.30. The van der Waals surface area contributed by atoms with Gasteiger partial charge in [-0.3, -0.25) is 9.88 Å². The summed E-state index contributed by atoms with van der Waals surface area (Å²) in [6.45, 7) is 3.70. The maximum Gasteiger partial charge on any atom is 0.314 e. The summed E-state index contributed by atoms with van der Waals surface area (Å²) >= 11 is 0. The molecule has 0 amide bonds. The van der Waals surface area contributed by atoms with Crippen LogP contribution < -0.4 is 0 Å². The first-order chi connectivity index (χ1) is 15.1. The van der Waals surface area contributed by atoms with Crippen LogP contribution in [-0.4, -0.2) is 48.2 Å². The van der Waals surface area contributed by atoms with Crippen LogP contribution in [0.15, 0.2) is 53.2 Å². The molecule has 1 aliphatic rings. The molecule has 1 fully saturated rings. The largest absolute Gasteiger partial charge is 0.415 e. The van der Waals surface area contributed by atoms with Crippen LogP contribution >= 0.6 is 0 Å². The molecule has 0 bridgehead atoms. The highest BCUT2D eigenvalue weighted by molar-refractivity contribution is 5.58. The Hall–Kier alpha value is -3.53. The lowest BCUT2D eigenvalue weighted by Gasteiger charge is -2.30. The van der Waals surface area contributed by atoms with Crippen LogP contribution in [0.3, 0.4) is 0 Å². The Morgan fingerprint density at radius 2 is 1.90 bits per heavy atom. The Labute approximate surface area is 176 Å². The number of benzene rings is 1. The van der Waals surface area contributed by atoms with Crippen molar-refractivity contribution in [3.05, 3.63) is 65.9 Å². The molecule has 0 atom stereocenters. The van der Waals surface area contributed by atoms with E-state index in [0.717, 1.165) is 36.6 Å². The molecular weight excluding hydrogens is 404 g/mol. The molecule has 0 saturated carbocycles. The molecule has 0 unspecified atom stereocenters. The van der Waals surface area contributed by atoms with Crippen molar-refractivity contribution in [3.8, 4) is 22.7 Å². The van der Waals surface area contributed by atoms with E-state index in [1.54, 1.807) is 16.8 Å². The minimum Gasteiger partial charge on any atom is -0.415 e. The number of nitrogens with zero attached hydrogens (tertiary/aromatic N) is 7. The van der Waals surface area contributed by atoms with Gasteiger partial charge in [-0.2, -0.15) is 8.78 Å². The predicted octanol–water partition coefficient (Wildman–Crippen LogP) is 3.58. The zero-order chi connectivity index (χ0) is 21.2. The Bertz CT molecular complexity index is 1170. The van der Waals surface area contributed by atoms with Gasteiger partial charge in [0, 0.05) is 18.3 Å². The number of halogens is 2. The number of aromatic nitrogens is 6. The highest BCUT2D eigenvalue weighted by Crippen LogP contribution is 2.23. The van der Waals surface area contributed by atoms with Crippen molar-refractivity contribution >= 4 is 0 Å². The smallest absolute Gasteiger partial charge is 0.314 e. The lowest BCUT2D eigenvalue weighted by Crippen LogP contribution is -2.36. The Balaban J connectivity index is 1.26. The SMILES string of the molecule is FC(F)c1nnc(-c2ccc(Cn3cc(-c4cccc(CN5CCC5)c4)nn3)nc2)o1. The van der Waals surface area contributed by atoms with Gasteiger partial charge in [0.25, 0.3) is 5.89 Å². The first kappa shape index (κ1) is 19.4. The monoisotopic (exact) mass is 423 g/mol. The van der Waals surface area contributed by atoms with Crippen LogP contribution in [0.1, 0.15) is 30.0 Å². The first-order valence-electron chi connectivity index (χ1n) is 9.93. The zero-order valence-corrected chi connectivity index (χ0v) is 16.5. The fraction of sp³-hybridized carbons (Fsp3) is 0.286. The highest BCUT2D eigenvalue weighted by atomic mass is 19.3. The van der Waals surface area contributed by atoms with Crippen molar-refractivity contribution in [2.75, 3.05) is 13.1 Å². The average molecular weight is 423 g/mol. The number of pyridine rings is 1. The topological polar surface area (TPSA) is 85.8 Å². The summed E-state index contributed by atoms with van der Waals surface area (Å²) in [7, 11) is 0. The normalized spacial score (nSPS) is 14.2. The van der Waals surface area contributed by atoms with E-state index in [1.165, 1.54) is 18.2 Å². The van der Waals surface area contributed by atoms with Crippen molar-refractivity contribution in [2.24, 2.45) is 0 Å². The molecule has 0 N–H and O–H groups in total. The molecule has 3 aromatic heterocycles. The Morgan fingerprint density at radius 1 is 1.00 bits per heavy atom. The zero-order valence-electron chi connectivity index (χ0n) is 16.5. The van der Waals surface area contributed by atoms with Gasteiger partial charge in [0.2, 0.25) is 5.89 Å². The van der Waals surface area contributed by atoms with E-state index in [-0.39, 0.29) is 5.89 Å². The van der Waals surface area contributed by atoms with Crippen LogP contribution in [0, 0.1) is 0 Å². The third-order valence-electron chi connectivity index (χ3n) is 5.14. The molecule has 10 heteroatoms. The van der Waals surface area contributed by atoms with Crippen molar-refractivity contribution < 1.29 is 13.2 Å². The van der Waals surface area contributed by atoms with Gasteiger partial charge in [-0.15, -0.1) is 15.3 Å². The van der Waals surface area contributed by atoms with Crippen LogP contribution in [0.4, 0.5) is 8.78 Å². The molecule has 1 saturated heterocycles. The van der Waals surface area contributed by atoms with E-state index in [1.807, 2.05) is 18.3 Å². The molecular formula is C21H19F2N7O. The summed E-state index contributed by atoms with van der Waals surface area (Å²) < 4.78 is 31.8. The van der Waals surface area contributed by atoms with E-state index in [9.17, 15) is 8.78 Å². The third-order valence-corrected chi connectivity index (χ3v) is 5.14. The molecule has 4 heterocycles. The molecule has 5 rings (SSSR count). The van der Waals surface area contributed by atoms with Crippen molar-refractivity contribution in [1.29, 1.82) is 0 Å². The van der Waals surface area contributed by atoms with Crippen LogP contribution in [-0.2, 0) is 13.1 Å². The maximum atomic E-state index is 12.6. The fourth-order valence-corrected chi connectivity index (χ4v) is 3.38. The van der Waals surface area contributed by atoms with Crippen LogP contribution in [0.5, 0.6) is 0 Å². The van der Waals surface area contributed by atoms with Gasteiger partial charge >= 0.3 is 6.43 Å². The van der Waals surface area contributed by atoms with Gasteiger partial charge in [0.1, 0.15) is 5.69 Å². The number of likely N-dealkylation sites (tertiary alicyclic amines) is 1. The predicted molar refractivity (Wildman–Crippen MR) is 107 cm³/mol. The summed E-state index contributed by atoms with van der Waals surface area (Å²) in [6.07, 6.45) is 1.86. The molecule has 158 valence electrons. The summed E-state index contributed by atoms with van der Waals surface area (Å²) in [5.74, 6) is -0.696. The van der Waals surface area contributed by atoms with Crippen molar-refractivity contribution in [2.45, 2.75) is 25.9 Å². The number of alkyl halides is 2. The standard InChI is InChI=1S/C21H19F2N7O/c22-19(23)21-27-26-20(31-21)16-5-6-17(24-10-16)12-30-13-18(25-28-30)15-4-1-3-14(9-15)11-29-7-2-8-29/h1,3-6,9-10,13,19H,2,7-8,11-12H2. The number of rotatable bonds is 7. The molecule has 4 aromatic rings. The van der Waals surface area contributed by atoms with Gasteiger partial charge in [-0.1, -0.05) is 23.4 Å². The maximum absolute atomic E-state index is 12.6. The van der Waals surface area contributed by atoms with Gasteiger partial charge in [0.05, 0.1) is 24.0 Å². The van der Waals surface area contributed by atoms with Gasteiger partial charge in [-0.05, 0) is 43.3 Å². The molecule has 31 heavy (non-hydrogen) atoms. The third kappa shape index (κ3) is 4.33. The second kappa shape index (κ2) is 8.31. The lowest BCUT2D eigenvalue weighted by atomic mass is 10.1. The molecule has 8 nitrogen and oxygen atoms in total. The van der Waals surface area contributed by atoms with Crippen LogP contribution in [0.25, 0.3) is 22.7 Å². The molecule has 0 spiro atoms.